The van der Waals surface area contributed by atoms with E-state index in [1.54, 1.807) is 18.7 Å². The van der Waals surface area contributed by atoms with Crippen LogP contribution in [-0.4, -0.2) is 36.5 Å². The Morgan fingerprint density at radius 1 is 1.23 bits per heavy atom. The maximum atomic E-state index is 12.7. The third-order valence-corrected chi connectivity index (χ3v) is 5.06. The van der Waals surface area contributed by atoms with Gasteiger partial charge < -0.3 is 9.47 Å². The van der Waals surface area contributed by atoms with Crippen molar-refractivity contribution in [1.29, 1.82) is 0 Å². The number of likely N-dealkylation sites (N-methyl/N-ethyl adjacent to an activating group) is 1. The number of nitrogens with zero attached hydrogens (tertiary/aromatic N) is 5. The quantitative estimate of drug-likeness (QED) is 0.627. The van der Waals surface area contributed by atoms with Crippen molar-refractivity contribution in [2.75, 3.05) is 7.05 Å². The molecule has 0 spiro atoms. The standard InChI is InChI=1S/C17H18BrN5O3/c1-20(8-11-6-4-5-7-12(11)18)13(24)9-23-16(25)14-15(19-10-21(14)2)22(3)17(23)26/h4-7,10H,8-9H2,1-3H3. The molecule has 0 saturated heterocycles. The van der Waals surface area contributed by atoms with Crippen LogP contribution in [0.1, 0.15) is 5.56 Å². The number of carbonyl (C=O) groups excluding carboxylic acids is 1. The minimum Gasteiger partial charge on any atom is -0.340 e. The lowest BCUT2D eigenvalue weighted by Gasteiger charge is -2.18. The smallest absolute Gasteiger partial charge is 0.332 e. The molecule has 8 nitrogen and oxygen atoms in total. The van der Waals surface area contributed by atoms with E-state index in [-0.39, 0.29) is 18.0 Å². The molecule has 1 aromatic carbocycles. The largest absolute Gasteiger partial charge is 0.340 e. The molecule has 9 heteroatoms. The molecule has 0 radical (unpaired) electrons. The van der Waals surface area contributed by atoms with Crippen molar-refractivity contribution in [3.05, 3.63) is 61.5 Å². The summed E-state index contributed by atoms with van der Waals surface area (Å²) in [6.45, 7) is 0.0385. The van der Waals surface area contributed by atoms with E-state index in [2.05, 4.69) is 20.9 Å². The van der Waals surface area contributed by atoms with Gasteiger partial charge in [0.15, 0.2) is 11.2 Å². The molecule has 0 atom stereocenters. The molecule has 0 bridgehead atoms. The van der Waals surface area contributed by atoms with Gasteiger partial charge in [-0.2, -0.15) is 0 Å². The lowest BCUT2D eigenvalue weighted by atomic mass is 10.2. The number of benzene rings is 1. The first kappa shape index (κ1) is 18.1. The first-order chi connectivity index (χ1) is 12.3. The molecule has 0 unspecified atom stereocenters. The summed E-state index contributed by atoms with van der Waals surface area (Å²) in [6.07, 6.45) is 1.47. The molecule has 0 saturated carbocycles. The lowest BCUT2D eigenvalue weighted by Crippen LogP contribution is -2.43. The third kappa shape index (κ3) is 3.10. The van der Waals surface area contributed by atoms with Gasteiger partial charge in [-0.05, 0) is 11.6 Å². The molecule has 2 heterocycles. The van der Waals surface area contributed by atoms with E-state index in [1.807, 2.05) is 24.3 Å². The van der Waals surface area contributed by atoms with Gasteiger partial charge in [0.25, 0.3) is 5.56 Å². The average molecular weight is 420 g/mol. The average Bonchev–Trinajstić information content (AvgIpc) is 3.00. The maximum absolute atomic E-state index is 12.7. The Morgan fingerprint density at radius 2 is 1.92 bits per heavy atom. The molecule has 26 heavy (non-hydrogen) atoms. The fraction of sp³-hybridized carbons (Fsp3) is 0.294. The van der Waals surface area contributed by atoms with Crippen LogP contribution in [0, 0.1) is 0 Å². The summed E-state index contributed by atoms with van der Waals surface area (Å²) in [4.78, 5) is 43.3. The number of carbonyl (C=O) groups is 1. The molecule has 2 aromatic heterocycles. The number of fused-ring (bicyclic) bond motifs is 1. The van der Waals surface area contributed by atoms with Crippen molar-refractivity contribution in [3.8, 4) is 0 Å². The maximum Gasteiger partial charge on any atom is 0.332 e. The first-order valence-corrected chi connectivity index (χ1v) is 8.68. The van der Waals surface area contributed by atoms with E-state index in [1.165, 1.54) is 22.8 Å². The van der Waals surface area contributed by atoms with E-state index in [4.69, 9.17) is 0 Å². The molecule has 1 amide bonds. The van der Waals surface area contributed by atoms with Gasteiger partial charge in [0.1, 0.15) is 6.54 Å². The van der Waals surface area contributed by atoms with E-state index in [0.29, 0.717) is 12.2 Å². The second-order valence-electron chi connectivity index (χ2n) is 6.10. The van der Waals surface area contributed by atoms with Gasteiger partial charge in [-0.1, -0.05) is 34.1 Å². The third-order valence-electron chi connectivity index (χ3n) is 4.29. The van der Waals surface area contributed by atoms with Gasteiger partial charge in [0.05, 0.1) is 6.33 Å². The Bertz CT molecular complexity index is 1110. The van der Waals surface area contributed by atoms with E-state index < -0.39 is 11.2 Å². The topological polar surface area (TPSA) is 82.1 Å². The molecular weight excluding hydrogens is 402 g/mol. The Labute approximate surface area is 157 Å². The minimum atomic E-state index is -0.566. The van der Waals surface area contributed by atoms with Gasteiger partial charge in [-0.25, -0.2) is 14.3 Å². The number of hydrogen-bond donors (Lipinski definition) is 0. The molecule has 0 aliphatic rings. The zero-order chi connectivity index (χ0) is 19.0. The molecule has 3 aromatic rings. The fourth-order valence-electron chi connectivity index (χ4n) is 2.76. The van der Waals surface area contributed by atoms with Crippen LogP contribution in [0.15, 0.2) is 44.7 Å². The highest BCUT2D eigenvalue weighted by Crippen LogP contribution is 2.17. The Balaban J connectivity index is 1.92. The van der Waals surface area contributed by atoms with Gasteiger partial charge in [-0.15, -0.1) is 0 Å². The summed E-state index contributed by atoms with van der Waals surface area (Å²) < 4.78 is 4.66. The second kappa shape index (κ2) is 6.91. The van der Waals surface area contributed by atoms with Crippen molar-refractivity contribution in [1.82, 2.24) is 23.6 Å². The van der Waals surface area contributed by atoms with Crippen LogP contribution < -0.4 is 11.2 Å². The SMILES string of the molecule is CN(Cc1ccccc1Br)C(=O)Cn1c(=O)c2c(ncn2C)n(C)c1=O. The van der Waals surface area contributed by atoms with Crippen molar-refractivity contribution < 1.29 is 4.79 Å². The van der Waals surface area contributed by atoms with Crippen LogP contribution in [0.2, 0.25) is 0 Å². The summed E-state index contributed by atoms with van der Waals surface area (Å²) in [5.74, 6) is -0.332. The summed E-state index contributed by atoms with van der Waals surface area (Å²) in [5.41, 5.74) is 0.432. The molecule has 0 aliphatic heterocycles. The molecule has 0 aliphatic carbocycles. The van der Waals surface area contributed by atoms with E-state index >= 15 is 0 Å². The van der Waals surface area contributed by atoms with Crippen LogP contribution in [-0.2, 0) is 32.0 Å². The highest BCUT2D eigenvalue weighted by molar-refractivity contribution is 9.10. The summed E-state index contributed by atoms with van der Waals surface area (Å²) in [6, 6.07) is 7.57. The fourth-order valence-corrected chi connectivity index (χ4v) is 3.17. The van der Waals surface area contributed by atoms with Crippen LogP contribution in [0.4, 0.5) is 0 Å². The molecule has 3 rings (SSSR count). The summed E-state index contributed by atoms with van der Waals surface area (Å²) in [5, 5.41) is 0. The van der Waals surface area contributed by atoms with E-state index in [9.17, 15) is 14.4 Å². The summed E-state index contributed by atoms with van der Waals surface area (Å²) in [7, 11) is 4.84. The minimum absolute atomic E-state index is 0.286. The Hall–Kier alpha value is -2.68. The molecular formula is C17H18BrN5O3. The number of imidazole rings is 1. The number of halogens is 1. The van der Waals surface area contributed by atoms with Crippen LogP contribution >= 0.6 is 15.9 Å². The van der Waals surface area contributed by atoms with E-state index in [0.717, 1.165) is 14.6 Å². The van der Waals surface area contributed by atoms with Crippen molar-refractivity contribution in [3.63, 3.8) is 0 Å². The van der Waals surface area contributed by atoms with Gasteiger partial charge in [0, 0.05) is 32.2 Å². The predicted octanol–water partition coefficient (Wildman–Crippen LogP) is 0.855. The number of aryl methyl sites for hydroxylation is 2. The number of amides is 1. The highest BCUT2D eigenvalue weighted by atomic mass is 79.9. The van der Waals surface area contributed by atoms with Crippen LogP contribution in [0.3, 0.4) is 0 Å². The molecule has 0 N–H and O–H groups in total. The highest BCUT2D eigenvalue weighted by Gasteiger charge is 2.19. The molecule has 136 valence electrons. The number of hydrogen-bond acceptors (Lipinski definition) is 4. The number of aromatic nitrogens is 4. The van der Waals surface area contributed by atoms with Crippen molar-refractivity contribution in [2.45, 2.75) is 13.1 Å². The van der Waals surface area contributed by atoms with Gasteiger partial charge in [0.2, 0.25) is 5.91 Å². The Morgan fingerprint density at radius 3 is 2.62 bits per heavy atom. The number of rotatable bonds is 4. The zero-order valence-corrected chi connectivity index (χ0v) is 16.2. The normalized spacial score (nSPS) is 11.1. The first-order valence-electron chi connectivity index (χ1n) is 7.89. The predicted molar refractivity (Wildman–Crippen MR) is 101 cm³/mol. The second-order valence-corrected chi connectivity index (χ2v) is 6.96. The monoisotopic (exact) mass is 419 g/mol. The Kier molecular flexibility index (Phi) is 4.82. The van der Waals surface area contributed by atoms with Crippen LogP contribution in [0.5, 0.6) is 0 Å². The molecule has 0 fully saturated rings. The lowest BCUT2D eigenvalue weighted by molar-refractivity contribution is -0.131. The van der Waals surface area contributed by atoms with Gasteiger partial charge in [-0.3, -0.25) is 14.2 Å². The summed E-state index contributed by atoms with van der Waals surface area (Å²) >= 11 is 3.45. The van der Waals surface area contributed by atoms with Gasteiger partial charge >= 0.3 is 5.69 Å². The zero-order valence-electron chi connectivity index (χ0n) is 14.6. The van der Waals surface area contributed by atoms with Crippen molar-refractivity contribution >= 4 is 33.0 Å². The van der Waals surface area contributed by atoms with Crippen molar-refractivity contribution in [2.24, 2.45) is 14.1 Å². The van der Waals surface area contributed by atoms with Crippen LogP contribution in [0.25, 0.3) is 11.2 Å².